The fourth-order valence-electron chi connectivity index (χ4n) is 1.76. The lowest BCUT2D eigenvalue weighted by Gasteiger charge is -2.15. The highest BCUT2D eigenvalue weighted by atomic mass is 32.2. The zero-order valence-corrected chi connectivity index (χ0v) is 12.7. The predicted molar refractivity (Wildman–Crippen MR) is 75.2 cm³/mol. The number of ether oxygens (including phenoxy) is 2. The van der Waals surface area contributed by atoms with Gasteiger partial charge < -0.3 is 14.6 Å². The molecule has 0 aliphatic rings. The molecule has 0 heterocycles. The van der Waals surface area contributed by atoms with Gasteiger partial charge >= 0.3 is 0 Å². The van der Waals surface area contributed by atoms with Gasteiger partial charge in [-0.25, -0.2) is 13.1 Å². The minimum atomic E-state index is -3.64. The molecule has 7 heteroatoms. The van der Waals surface area contributed by atoms with Gasteiger partial charge in [0.1, 0.15) is 5.75 Å². The van der Waals surface area contributed by atoms with Gasteiger partial charge in [0.2, 0.25) is 10.0 Å². The highest BCUT2D eigenvalue weighted by Crippen LogP contribution is 2.23. The first-order valence-electron chi connectivity index (χ1n) is 6.32. The van der Waals surface area contributed by atoms with E-state index in [1.807, 2.05) is 6.92 Å². The van der Waals surface area contributed by atoms with Crippen LogP contribution in [-0.2, 0) is 21.4 Å². The first-order valence-corrected chi connectivity index (χ1v) is 7.80. The number of methoxy groups -OCH3 is 1. The van der Waals surface area contributed by atoms with E-state index in [1.165, 1.54) is 19.2 Å². The smallest absolute Gasteiger partial charge is 0.240 e. The molecule has 0 bridgehead atoms. The van der Waals surface area contributed by atoms with Crippen molar-refractivity contribution in [3.8, 4) is 5.75 Å². The van der Waals surface area contributed by atoms with Crippen LogP contribution in [0.2, 0.25) is 0 Å². The van der Waals surface area contributed by atoms with E-state index < -0.39 is 10.0 Å². The third-order valence-corrected chi connectivity index (χ3v) is 4.17. The van der Waals surface area contributed by atoms with Crippen molar-refractivity contribution in [2.75, 3.05) is 20.3 Å². The number of rotatable bonds is 8. The second-order valence-electron chi connectivity index (χ2n) is 4.34. The molecule has 0 aliphatic heterocycles. The summed E-state index contributed by atoms with van der Waals surface area (Å²) in [6.07, 6.45) is 0. The molecular formula is C13H21NO5S. The lowest BCUT2D eigenvalue weighted by molar-refractivity contribution is 0.180. The average Bonchev–Trinajstić information content (AvgIpc) is 2.39. The van der Waals surface area contributed by atoms with Crippen molar-refractivity contribution in [3.05, 3.63) is 23.8 Å². The zero-order valence-electron chi connectivity index (χ0n) is 11.9. The van der Waals surface area contributed by atoms with E-state index in [0.717, 1.165) is 0 Å². The molecule has 2 N–H and O–H groups in total. The van der Waals surface area contributed by atoms with Gasteiger partial charge in [0.25, 0.3) is 0 Å². The molecule has 0 saturated carbocycles. The topological polar surface area (TPSA) is 84.9 Å². The number of aliphatic hydroxyl groups excluding tert-OH is 1. The van der Waals surface area contributed by atoms with Crippen LogP contribution in [0, 0.1) is 0 Å². The molecule has 0 saturated heterocycles. The lowest BCUT2D eigenvalue weighted by atomic mass is 10.2. The van der Waals surface area contributed by atoms with Gasteiger partial charge in [-0.2, -0.15) is 0 Å². The Kier molecular flexibility index (Phi) is 6.41. The second kappa shape index (κ2) is 7.58. The zero-order chi connectivity index (χ0) is 15.2. The summed E-state index contributed by atoms with van der Waals surface area (Å²) in [4.78, 5) is 0.0907. The molecule has 20 heavy (non-hydrogen) atoms. The Labute approximate surface area is 119 Å². The summed E-state index contributed by atoms with van der Waals surface area (Å²) in [5.41, 5.74) is 0.439. The highest BCUT2D eigenvalue weighted by Gasteiger charge is 2.19. The monoisotopic (exact) mass is 303 g/mol. The van der Waals surface area contributed by atoms with Crippen LogP contribution in [0.1, 0.15) is 19.4 Å². The molecule has 1 aromatic carbocycles. The van der Waals surface area contributed by atoms with E-state index in [9.17, 15) is 13.5 Å². The van der Waals surface area contributed by atoms with Gasteiger partial charge in [-0.05, 0) is 32.0 Å². The van der Waals surface area contributed by atoms with E-state index in [0.29, 0.717) is 17.9 Å². The number of benzene rings is 1. The Morgan fingerprint density at radius 2 is 2.10 bits per heavy atom. The van der Waals surface area contributed by atoms with Crippen molar-refractivity contribution in [1.29, 1.82) is 0 Å². The van der Waals surface area contributed by atoms with Crippen LogP contribution < -0.4 is 9.46 Å². The molecule has 1 aromatic rings. The number of nitrogens with one attached hydrogen (secondary N) is 1. The summed E-state index contributed by atoms with van der Waals surface area (Å²) in [6.45, 7) is 3.97. The molecule has 1 rings (SSSR count). The lowest BCUT2D eigenvalue weighted by Crippen LogP contribution is -2.35. The molecule has 0 fully saturated rings. The van der Waals surface area contributed by atoms with E-state index >= 15 is 0 Å². The summed E-state index contributed by atoms with van der Waals surface area (Å²) in [7, 11) is -2.14. The molecule has 0 aromatic heterocycles. The number of sulfonamides is 1. The number of hydrogen-bond acceptors (Lipinski definition) is 5. The van der Waals surface area contributed by atoms with E-state index in [1.54, 1.807) is 13.0 Å². The average molecular weight is 303 g/mol. The van der Waals surface area contributed by atoms with Crippen LogP contribution in [0.4, 0.5) is 0 Å². The molecule has 6 nitrogen and oxygen atoms in total. The van der Waals surface area contributed by atoms with Crippen molar-refractivity contribution >= 4 is 10.0 Å². The van der Waals surface area contributed by atoms with Gasteiger partial charge in [0.15, 0.2) is 0 Å². The normalized spacial score (nSPS) is 13.2. The molecule has 114 valence electrons. The van der Waals surface area contributed by atoms with E-state index in [-0.39, 0.29) is 24.2 Å². The van der Waals surface area contributed by atoms with Crippen LogP contribution in [-0.4, -0.2) is 39.9 Å². The second-order valence-corrected chi connectivity index (χ2v) is 6.05. The van der Waals surface area contributed by atoms with Crippen LogP contribution in [0.3, 0.4) is 0 Å². The minimum absolute atomic E-state index is 0.0907. The Hall–Kier alpha value is -1.15. The number of hydrogen-bond donors (Lipinski definition) is 2. The fraction of sp³-hybridized carbons (Fsp3) is 0.538. The Morgan fingerprint density at radius 3 is 2.65 bits per heavy atom. The van der Waals surface area contributed by atoms with Crippen LogP contribution in [0.5, 0.6) is 5.75 Å². The Morgan fingerprint density at radius 1 is 1.40 bits per heavy atom. The van der Waals surface area contributed by atoms with Gasteiger partial charge in [-0.1, -0.05) is 0 Å². The van der Waals surface area contributed by atoms with Crippen LogP contribution in [0.25, 0.3) is 0 Å². The molecule has 0 aliphatic carbocycles. The van der Waals surface area contributed by atoms with Crippen molar-refractivity contribution in [2.45, 2.75) is 31.4 Å². The van der Waals surface area contributed by atoms with Crippen molar-refractivity contribution in [2.24, 2.45) is 0 Å². The van der Waals surface area contributed by atoms with Crippen molar-refractivity contribution < 1.29 is 23.0 Å². The summed E-state index contributed by atoms with van der Waals surface area (Å²) < 4.78 is 37.0. The minimum Gasteiger partial charge on any atom is -0.494 e. The van der Waals surface area contributed by atoms with Gasteiger partial charge in [0, 0.05) is 18.7 Å². The van der Waals surface area contributed by atoms with E-state index in [2.05, 4.69) is 4.72 Å². The summed E-state index contributed by atoms with van der Waals surface area (Å²) in [5, 5.41) is 9.29. The first-order chi connectivity index (χ1) is 9.44. The molecular weight excluding hydrogens is 282 g/mol. The first kappa shape index (κ1) is 16.9. The Balaban J connectivity index is 3.01. The molecule has 0 amide bonds. The summed E-state index contributed by atoms with van der Waals surface area (Å²) in [5.74, 6) is 0.485. The van der Waals surface area contributed by atoms with Crippen LogP contribution in [0.15, 0.2) is 23.1 Å². The SMILES string of the molecule is CCOc1ccc(S(=O)(=O)NC(C)COC)cc1CO. The summed E-state index contributed by atoms with van der Waals surface area (Å²) >= 11 is 0. The van der Waals surface area contributed by atoms with Gasteiger partial charge in [0.05, 0.1) is 24.7 Å². The standard InChI is InChI=1S/C13H21NO5S/c1-4-19-13-6-5-12(7-11(13)8-15)20(16,17)14-10(2)9-18-3/h5-7,10,14-15H,4,8-9H2,1-3H3. The summed E-state index contributed by atoms with van der Waals surface area (Å²) in [6, 6.07) is 4.07. The van der Waals surface area contributed by atoms with E-state index in [4.69, 9.17) is 9.47 Å². The molecule has 1 atom stereocenters. The van der Waals surface area contributed by atoms with Crippen LogP contribution >= 0.6 is 0 Å². The quantitative estimate of drug-likeness (QED) is 0.745. The van der Waals surface area contributed by atoms with Crippen molar-refractivity contribution in [3.63, 3.8) is 0 Å². The van der Waals surface area contributed by atoms with Gasteiger partial charge in [-0.15, -0.1) is 0 Å². The fourth-order valence-corrected chi connectivity index (χ4v) is 3.04. The third-order valence-electron chi connectivity index (χ3n) is 2.59. The molecule has 1 unspecified atom stereocenters. The van der Waals surface area contributed by atoms with Gasteiger partial charge in [-0.3, -0.25) is 0 Å². The Bertz CT molecular complexity index is 530. The molecule has 0 spiro atoms. The maximum Gasteiger partial charge on any atom is 0.240 e. The number of aliphatic hydroxyl groups is 1. The van der Waals surface area contributed by atoms with Crippen molar-refractivity contribution in [1.82, 2.24) is 4.72 Å². The highest BCUT2D eigenvalue weighted by molar-refractivity contribution is 7.89. The largest absolute Gasteiger partial charge is 0.494 e. The molecule has 0 radical (unpaired) electrons. The maximum atomic E-state index is 12.2. The maximum absolute atomic E-state index is 12.2. The predicted octanol–water partition coefficient (Wildman–Crippen LogP) is 0.891. The third kappa shape index (κ3) is 4.45.